The molecular weight excluding hydrogens is 238 g/mol. The molecule has 5 heteroatoms. The van der Waals surface area contributed by atoms with Gasteiger partial charge in [-0.2, -0.15) is 5.10 Å². The summed E-state index contributed by atoms with van der Waals surface area (Å²) in [7, 11) is 1.84. The quantitative estimate of drug-likeness (QED) is 0.818. The molecule has 4 nitrogen and oxygen atoms in total. The van der Waals surface area contributed by atoms with Crippen LogP contribution < -0.4 is 5.32 Å². The Morgan fingerprint density at radius 3 is 2.65 bits per heavy atom. The number of rotatable bonds is 6. The number of aliphatic hydroxyl groups excluding tert-OH is 1. The van der Waals surface area contributed by atoms with Crippen molar-refractivity contribution in [3.63, 3.8) is 0 Å². The van der Waals surface area contributed by atoms with Gasteiger partial charge in [-0.05, 0) is 12.3 Å². The third-order valence-corrected chi connectivity index (χ3v) is 3.38. The van der Waals surface area contributed by atoms with Crippen LogP contribution in [0.1, 0.15) is 32.0 Å². The smallest absolute Gasteiger partial charge is 0.131 e. The molecule has 1 aromatic rings. The topological polar surface area (TPSA) is 50.1 Å². The van der Waals surface area contributed by atoms with Crippen LogP contribution in [0.5, 0.6) is 0 Å². The van der Waals surface area contributed by atoms with Gasteiger partial charge in [0, 0.05) is 25.7 Å². The minimum absolute atomic E-state index is 0.262. The molecule has 0 bridgehead atoms. The lowest BCUT2D eigenvalue weighted by Crippen LogP contribution is -2.30. The molecule has 0 spiro atoms. The van der Waals surface area contributed by atoms with Crippen molar-refractivity contribution in [3.05, 3.63) is 16.4 Å². The van der Waals surface area contributed by atoms with Crippen molar-refractivity contribution in [1.82, 2.24) is 15.1 Å². The molecule has 1 unspecified atom stereocenters. The van der Waals surface area contributed by atoms with Gasteiger partial charge in [0.15, 0.2) is 0 Å². The Hall–Kier alpha value is -0.580. The summed E-state index contributed by atoms with van der Waals surface area (Å²) < 4.78 is 1.69. The number of aryl methyl sites for hydroxylation is 2. The average Bonchev–Trinajstić information content (AvgIpc) is 2.56. The van der Waals surface area contributed by atoms with Gasteiger partial charge in [0.25, 0.3) is 0 Å². The van der Waals surface area contributed by atoms with E-state index in [2.05, 4.69) is 17.3 Å². The molecule has 0 radical (unpaired) electrons. The van der Waals surface area contributed by atoms with Gasteiger partial charge in [0.1, 0.15) is 5.15 Å². The first-order valence-electron chi connectivity index (χ1n) is 6.06. The average molecular weight is 260 g/mol. The summed E-state index contributed by atoms with van der Waals surface area (Å²) >= 11 is 6.17. The van der Waals surface area contributed by atoms with Gasteiger partial charge in [-0.25, -0.2) is 0 Å². The number of aromatic nitrogens is 2. The number of hydrogen-bond donors (Lipinski definition) is 2. The Kier molecular flexibility index (Phi) is 5.43. The molecule has 0 aliphatic carbocycles. The highest BCUT2D eigenvalue weighted by Crippen LogP contribution is 2.19. The van der Waals surface area contributed by atoms with Gasteiger partial charge >= 0.3 is 0 Å². The molecule has 17 heavy (non-hydrogen) atoms. The SMILES string of the molecule is CCc1nn(C)c(Cl)c1CNCC(O)C(C)C. The van der Waals surface area contributed by atoms with Crippen LogP contribution in [0.15, 0.2) is 0 Å². The van der Waals surface area contributed by atoms with Crippen LogP contribution in [0.4, 0.5) is 0 Å². The van der Waals surface area contributed by atoms with Crippen molar-refractivity contribution in [1.29, 1.82) is 0 Å². The van der Waals surface area contributed by atoms with Crippen molar-refractivity contribution in [2.45, 2.75) is 39.8 Å². The fraction of sp³-hybridized carbons (Fsp3) is 0.750. The van der Waals surface area contributed by atoms with E-state index in [-0.39, 0.29) is 12.0 Å². The number of hydrogen-bond acceptors (Lipinski definition) is 3. The van der Waals surface area contributed by atoms with Gasteiger partial charge < -0.3 is 10.4 Å². The normalized spacial score (nSPS) is 13.4. The molecule has 98 valence electrons. The first kappa shape index (κ1) is 14.5. The highest BCUT2D eigenvalue weighted by atomic mass is 35.5. The summed E-state index contributed by atoms with van der Waals surface area (Å²) in [5.41, 5.74) is 2.05. The van der Waals surface area contributed by atoms with E-state index in [0.717, 1.165) is 17.7 Å². The van der Waals surface area contributed by atoms with Gasteiger partial charge in [-0.3, -0.25) is 4.68 Å². The minimum atomic E-state index is -0.324. The van der Waals surface area contributed by atoms with E-state index < -0.39 is 0 Å². The Morgan fingerprint density at radius 1 is 1.47 bits per heavy atom. The van der Waals surface area contributed by atoms with Gasteiger partial charge in [0.05, 0.1) is 11.8 Å². The monoisotopic (exact) mass is 259 g/mol. The highest BCUT2D eigenvalue weighted by molar-refractivity contribution is 6.30. The molecule has 0 aliphatic rings. The fourth-order valence-corrected chi connectivity index (χ4v) is 1.85. The van der Waals surface area contributed by atoms with Gasteiger partial charge in [-0.15, -0.1) is 0 Å². The number of nitrogens with one attached hydrogen (secondary N) is 1. The number of nitrogens with zero attached hydrogens (tertiary/aromatic N) is 2. The summed E-state index contributed by atoms with van der Waals surface area (Å²) in [5.74, 6) is 0.262. The molecule has 0 aliphatic heterocycles. The molecule has 1 rings (SSSR count). The Balaban J connectivity index is 2.57. The van der Waals surface area contributed by atoms with Crippen LogP contribution in [-0.4, -0.2) is 27.5 Å². The largest absolute Gasteiger partial charge is 0.392 e. The molecule has 0 fully saturated rings. The van der Waals surface area contributed by atoms with Crippen LogP contribution in [0.2, 0.25) is 5.15 Å². The van der Waals surface area contributed by atoms with E-state index in [1.165, 1.54) is 0 Å². The van der Waals surface area contributed by atoms with Crippen LogP contribution >= 0.6 is 11.6 Å². The van der Waals surface area contributed by atoms with Crippen molar-refractivity contribution < 1.29 is 5.11 Å². The Bertz CT molecular complexity index is 363. The third kappa shape index (κ3) is 3.69. The molecule has 0 aromatic carbocycles. The highest BCUT2D eigenvalue weighted by Gasteiger charge is 2.14. The maximum Gasteiger partial charge on any atom is 0.131 e. The van der Waals surface area contributed by atoms with Crippen molar-refractivity contribution >= 4 is 11.6 Å². The standard InChI is InChI=1S/C12H22ClN3O/c1-5-10-9(12(13)16(4)15-10)6-14-7-11(17)8(2)3/h8,11,14,17H,5-7H2,1-4H3. The van der Waals surface area contributed by atoms with E-state index in [9.17, 15) is 5.11 Å². The second-order valence-electron chi connectivity index (χ2n) is 4.64. The molecular formula is C12H22ClN3O. The van der Waals surface area contributed by atoms with E-state index in [0.29, 0.717) is 18.2 Å². The third-order valence-electron chi connectivity index (χ3n) is 2.91. The van der Waals surface area contributed by atoms with Gasteiger partial charge in [0.2, 0.25) is 0 Å². The van der Waals surface area contributed by atoms with Crippen LogP contribution in [-0.2, 0) is 20.0 Å². The molecule has 1 aromatic heterocycles. The zero-order valence-electron chi connectivity index (χ0n) is 11.0. The first-order chi connectivity index (χ1) is 7.97. The van der Waals surface area contributed by atoms with Crippen molar-refractivity contribution in [3.8, 4) is 0 Å². The lowest BCUT2D eigenvalue weighted by Gasteiger charge is -2.15. The predicted molar refractivity (Wildman–Crippen MR) is 70.1 cm³/mol. The molecule has 0 amide bonds. The van der Waals surface area contributed by atoms with Crippen LogP contribution in [0.25, 0.3) is 0 Å². The second kappa shape index (κ2) is 6.38. The summed E-state index contributed by atoms with van der Waals surface area (Å²) in [4.78, 5) is 0. The van der Waals surface area contributed by atoms with E-state index >= 15 is 0 Å². The minimum Gasteiger partial charge on any atom is -0.392 e. The number of halogens is 1. The van der Waals surface area contributed by atoms with Gasteiger partial charge in [-0.1, -0.05) is 32.4 Å². The maximum absolute atomic E-state index is 9.69. The first-order valence-corrected chi connectivity index (χ1v) is 6.44. The second-order valence-corrected chi connectivity index (χ2v) is 4.99. The molecule has 0 saturated heterocycles. The summed E-state index contributed by atoms with van der Waals surface area (Å²) in [6, 6.07) is 0. The van der Waals surface area contributed by atoms with E-state index in [4.69, 9.17) is 11.6 Å². The lowest BCUT2D eigenvalue weighted by molar-refractivity contribution is 0.123. The maximum atomic E-state index is 9.69. The fourth-order valence-electron chi connectivity index (χ4n) is 1.64. The molecule has 1 heterocycles. The zero-order chi connectivity index (χ0) is 13.0. The van der Waals surface area contributed by atoms with Crippen molar-refractivity contribution in [2.75, 3.05) is 6.54 Å². The van der Waals surface area contributed by atoms with E-state index in [1.54, 1.807) is 4.68 Å². The van der Waals surface area contributed by atoms with E-state index in [1.807, 2.05) is 20.9 Å². The van der Waals surface area contributed by atoms with Crippen molar-refractivity contribution in [2.24, 2.45) is 13.0 Å². The Labute approximate surface area is 108 Å². The summed E-state index contributed by atoms with van der Waals surface area (Å²) in [6.45, 7) is 7.29. The molecule has 2 N–H and O–H groups in total. The lowest BCUT2D eigenvalue weighted by atomic mass is 10.1. The molecule has 1 atom stereocenters. The van der Waals surface area contributed by atoms with Crippen LogP contribution in [0.3, 0.4) is 0 Å². The molecule has 0 saturated carbocycles. The summed E-state index contributed by atoms with van der Waals surface area (Å²) in [5, 5.41) is 17.9. The number of aliphatic hydroxyl groups is 1. The zero-order valence-corrected chi connectivity index (χ0v) is 11.8. The van der Waals surface area contributed by atoms with Crippen LogP contribution in [0, 0.1) is 5.92 Å². The summed E-state index contributed by atoms with van der Waals surface area (Å²) in [6.07, 6.45) is 0.542. The Morgan fingerprint density at radius 2 is 2.12 bits per heavy atom. The predicted octanol–water partition coefficient (Wildman–Crippen LogP) is 1.74.